The van der Waals surface area contributed by atoms with Crippen LogP contribution in [0.4, 0.5) is 0 Å². The van der Waals surface area contributed by atoms with Crippen LogP contribution < -0.4 is 15.9 Å². The van der Waals surface area contributed by atoms with Crippen molar-refractivity contribution < 1.29 is 35.2 Å². The van der Waals surface area contributed by atoms with E-state index in [2.05, 4.69) is 150 Å². The van der Waals surface area contributed by atoms with Crippen LogP contribution >= 0.6 is 17.5 Å². The number of aliphatic imine (C=N–C) groups is 1. The summed E-state index contributed by atoms with van der Waals surface area (Å²) >= 11 is 2.22. The Labute approximate surface area is 316 Å². The average molecular weight is 799 g/mol. The van der Waals surface area contributed by atoms with Crippen molar-refractivity contribution >= 4 is 39.1 Å². The Balaban J connectivity index is 0.000000384. The normalized spacial score (nSPS) is 14.2. The van der Waals surface area contributed by atoms with Gasteiger partial charge in [-0.1, -0.05) is 169 Å². The van der Waals surface area contributed by atoms with E-state index in [0.717, 1.165) is 18.2 Å². The molecule has 0 heterocycles. The third kappa shape index (κ3) is 20.5. The number of halogens is 1. The van der Waals surface area contributed by atoms with Gasteiger partial charge in [-0.3, -0.25) is 4.99 Å². The Morgan fingerprint density at radius 2 is 0.979 bits per heavy atom. The van der Waals surface area contributed by atoms with Gasteiger partial charge in [-0.15, -0.1) is 0 Å². The Hall–Kier alpha value is -0.768. The minimum Gasteiger partial charge on any atom is -0.0622 e. The molecule has 0 unspecified atom stereocenters. The summed E-state index contributed by atoms with van der Waals surface area (Å²) in [5.74, 6) is 1.15. The molecule has 2 aliphatic rings. The molecule has 0 aromatic heterocycles. The summed E-state index contributed by atoms with van der Waals surface area (Å²) in [6.45, 7) is 5.34. The maximum absolute atomic E-state index is 4.62. The molecular formula is C42H51ClFeNPPd+2. The largest absolute Gasteiger partial charge is 2.00 e. The first kappa shape index (κ1) is 44.3. The number of hydrogen-bond donors (Lipinski definition) is 0. The van der Waals surface area contributed by atoms with Gasteiger partial charge in [0.25, 0.3) is 0 Å². The molecule has 1 nitrogen and oxygen atoms in total. The first-order valence-electron chi connectivity index (χ1n) is 16.7. The maximum Gasteiger partial charge on any atom is 2.00 e. The van der Waals surface area contributed by atoms with Gasteiger partial charge in [-0.05, 0) is 75.0 Å². The van der Waals surface area contributed by atoms with Gasteiger partial charge < -0.3 is 6.42 Å². The van der Waals surface area contributed by atoms with E-state index in [4.69, 9.17) is 0 Å². The van der Waals surface area contributed by atoms with Crippen LogP contribution in [0, 0.1) is 63.7 Å². The van der Waals surface area contributed by atoms with Crippen molar-refractivity contribution in [1.82, 2.24) is 0 Å². The topological polar surface area (TPSA) is 12.4 Å². The van der Waals surface area contributed by atoms with Gasteiger partial charge in [0, 0.05) is 6.54 Å². The van der Waals surface area contributed by atoms with Gasteiger partial charge in [-0.2, -0.15) is 5.92 Å². The molecule has 0 spiro atoms. The average Bonchev–Trinajstić information content (AvgIpc) is 3.89. The molecule has 5 rings (SSSR count). The Morgan fingerprint density at radius 1 is 0.596 bits per heavy atom. The standard InChI is InChI=1S/C19H31N.C18H15P.C5H5.ClH.Fe.Pd/c1-3-4-5-6-7-8-9-10-11-14-17-20-18(2)19-15-12-13-16-19;1-4-10-16(11-5-1)19(17-12-6-2-7-13-17)18-14-8-3-9-15-18;1-2-4-5-3-1;;;/h12-13,15H,3-11,14,17H2,1-2H3;1-15H;1-5H;1H;;/q-1;;;;2*+2/p-1. The van der Waals surface area contributed by atoms with Crippen molar-refractivity contribution in [3.63, 3.8) is 0 Å². The van der Waals surface area contributed by atoms with Crippen LogP contribution in [0.5, 0.6) is 0 Å². The van der Waals surface area contributed by atoms with Crippen LogP contribution in [0.25, 0.3) is 0 Å². The second-order valence-corrected chi connectivity index (χ2v) is 13.3. The van der Waals surface area contributed by atoms with E-state index in [9.17, 15) is 0 Å². The van der Waals surface area contributed by atoms with Crippen LogP contribution in [-0.2, 0) is 35.2 Å². The predicted molar refractivity (Wildman–Crippen MR) is 202 cm³/mol. The van der Waals surface area contributed by atoms with E-state index >= 15 is 0 Å². The molecule has 0 saturated heterocycles. The van der Waals surface area contributed by atoms with E-state index < -0.39 is 7.92 Å². The monoisotopic (exact) mass is 797 g/mol. The van der Waals surface area contributed by atoms with Crippen LogP contribution in [0.15, 0.2) is 96.0 Å². The number of nitrogens with zero attached hydrogens (tertiary/aromatic N) is 1. The molecule has 3 aromatic rings. The molecule has 5 heteroatoms. The zero-order valence-corrected chi connectivity index (χ0v) is 32.3. The quantitative estimate of drug-likeness (QED) is 0.0478. The second kappa shape index (κ2) is 31.2. The fourth-order valence-electron chi connectivity index (χ4n) is 4.99. The van der Waals surface area contributed by atoms with Crippen LogP contribution in [-0.4, -0.2) is 12.3 Å². The van der Waals surface area contributed by atoms with E-state index in [1.54, 1.807) is 0 Å². The number of unbranched alkanes of at least 4 members (excludes halogenated alkanes) is 9. The van der Waals surface area contributed by atoms with Crippen molar-refractivity contribution in [3.05, 3.63) is 155 Å². The van der Waals surface area contributed by atoms with E-state index in [1.165, 1.54) is 80.1 Å². The summed E-state index contributed by atoms with van der Waals surface area (Å²) in [4.78, 5) is 4.62. The molecule has 0 atom stereocenters. The number of hydrogen-bond acceptors (Lipinski definition) is 1. The first-order chi connectivity index (χ1) is 22.8. The van der Waals surface area contributed by atoms with E-state index in [1.807, 2.05) is 44.9 Å². The molecule has 0 amide bonds. The predicted octanol–water partition coefficient (Wildman–Crippen LogP) is 10.8. The van der Waals surface area contributed by atoms with Crippen LogP contribution in [0.3, 0.4) is 0 Å². The van der Waals surface area contributed by atoms with Gasteiger partial charge in [0.05, 0.1) is 0 Å². The molecule has 252 valence electrons. The number of rotatable bonds is 15. The zero-order chi connectivity index (χ0) is 32.9. The molecule has 3 aromatic carbocycles. The summed E-state index contributed by atoms with van der Waals surface area (Å²) in [5, 5.41) is 4.19. The summed E-state index contributed by atoms with van der Waals surface area (Å²) in [5.41, 5.74) is 1.13. The summed E-state index contributed by atoms with van der Waals surface area (Å²) in [7, 11) is 4.04. The summed E-state index contributed by atoms with van der Waals surface area (Å²) in [6, 6.07) is 32.3. The first-order valence-corrected chi connectivity index (χ1v) is 20.0. The SMILES string of the molecule is CCCCCCCCCCCCN=C(C)[C]1[C-][CH][CH][CH]1.[CH]1[CH][CH][CH][CH]1.[Cl][Pd+].[Fe+2].c1ccc(P(c2ccccc2)c2ccccc2)cc1. The van der Waals surface area contributed by atoms with Crippen molar-refractivity contribution in [2.24, 2.45) is 4.99 Å². The fourth-order valence-corrected chi connectivity index (χ4v) is 7.29. The molecule has 0 N–H and O–H groups in total. The Morgan fingerprint density at radius 3 is 1.34 bits per heavy atom. The van der Waals surface area contributed by atoms with Crippen molar-refractivity contribution in [2.75, 3.05) is 6.54 Å². The summed E-state index contributed by atoms with van der Waals surface area (Å²) < 4.78 is 0. The molecule has 0 bridgehead atoms. The van der Waals surface area contributed by atoms with Gasteiger partial charge in [0.2, 0.25) is 0 Å². The molecule has 2 saturated carbocycles. The third-order valence-electron chi connectivity index (χ3n) is 7.45. The van der Waals surface area contributed by atoms with E-state index in [0.29, 0.717) is 0 Å². The molecule has 2 aliphatic carbocycles. The van der Waals surface area contributed by atoms with Crippen molar-refractivity contribution in [3.8, 4) is 0 Å². The van der Waals surface area contributed by atoms with E-state index in [-0.39, 0.29) is 17.1 Å². The zero-order valence-electron chi connectivity index (χ0n) is 28.0. The van der Waals surface area contributed by atoms with Gasteiger partial charge in [0.15, 0.2) is 0 Å². The summed E-state index contributed by atoms with van der Waals surface area (Å²) in [6.07, 6.45) is 33.1. The van der Waals surface area contributed by atoms with Gasteiger partial charge in [-0.25, -0.2) is 6.42 Å². The van der Waals surface area contributed by atoms with Crippen LogP contribution in [0.2, 0.25) is 0 Å². The van der Waals surface area contributed by atoms with Gasteiger partial charge in [0.1, 0.15) is 0 Å². The van der Waals surface area contributed by atoms with Crippen molar-refractivity contribution in [1.29, 1.82) is 0 Å². The smallest absolute Gasteiger partial charge is 0.0622 e. The second-order valence-electron chi connectivity index (χ2n) is 11.0. The minimum atomic E-state index is -0.446. The molecule has 0 aliphatic heterocycles. The number of benzene rings is 3. The minimum absolute atomic E-state index is 0. The molecule has 10 radical (unpaired) electrons. The molecule has 47 heavy (non-hydrogen) atoms. The Kier molecular flexibility index (Phi) is 29.4. The van der Waals surface area contributed by atoms with Gasteiger partial charge >= 0.3 is 44.8 Å². The Bertz CT molecular complexity index is 1000. The van der Waals surface area contributed by atoms with Crippen molar-refractivity contribution in [2.45, 2.75) is 78.1 Å². The van der Waals surface area contributed by atoms with Crippen LogP contribution in [0.1, 0.15) is 78.1 Å². The molecular weight excluding hydrogens is 747 g/mol. The fraction of sp³-hybridized carbons (Fsp3) is 0.310. The molecule has 2 fully saturated rings. The third-order valence-corrected chi connectivity index (χ3v) is 9.89. The maximum atomic E-state index is 4.62.